The second kappa shape index (κ2) is 8.11. The average molecular weight is 296 g/mol. The minimum Gasteiger partial charge on any atom is -0.504 e. The number of phenols is 2. The van der Waals surface area contributed by atoms with Crippen LogP contribution in [0.25, 0.3) is 0 Å². The number of amides is 1. The summed E-state index contributed by atoms with van der Waals surface area (Å²) in [6, 6.07) is 2.90. The van der Waals surface area contributed by atoms with E-state index in [4.69, 9.17) is 5.73 Å². The summed E-state index contributed by atoms with van der Waals surface area (Å²) in [6.45, 7) is 0.508. The van der Waals surface area contributed by atoms with Crippen LogP contribution >= 0.6 is 0 Å². The molecule has 0 radical (unpaired) electrons. The number of nitrogens with one attached hydrogen (secondary N) is 1. The molecule has 0 saturated heterocycles. The van der Waals surface area contributed by atoms with Gasteiger partial charge in [-0.05, 0) is 44.0 Å². The fraction of sp³-hybridized carbons (Fsp3) is 0.429. The Morgan fingerprint density at radius 2 is 2.00 bits per heavy atom. The Labute approximate surface area is 122 Å². The van der Waals surface area contributed by atoms with Gasteiger partial charge in [0.05, 0.1) is 7.11 Å². The Morgan fingerprint density at radius 3 is 2.57 bits per heavy atom. The van der Waals surface area contributed by atoms with Crippen molar-refractivity contribution in [2.75, 3.05) is 13.7 Å². The van der Waals surface area contributed by atoms with Crippen LogP contribution in [-0.4, -0.2) is 41.8 Å². The van der Waals surface area contributed by atoms with E-state index >= 15 is 0 Å². The number of hydrogen-bond acceptors (Lipinski definition) is 6. The predicted molar refractivity (Wildman–Crippen MR) is 75.9 cm³/mol. The van der Waals surface area contributed by atoms with E-state index in [0.717, 1.165) is 12.5 Å². The maximum atomic E-state index is 12.0. The molecule has 0 fully saturated rings. The highest BCUT2D eigenvalue weighted by Crippen LogP contribution is 2.24. The lowest BCUT2D eigenvalue weighted by Gasteiger charge is -2.16. The van der Waals surface area contributed by atoms with Gasteiger partial charge in [-0.15, -0.1) is 0 Å². The Bertz CT molecular complexity index is 504. The van der Waals surface area contributed by atoms with Crippen molar-refractivity contribution in [1.82, 2.24) is 5.32 Å². The lowest BCUT2D eigenvalue weighted by atomic mass is 10.1. The first-order chi connectivity index (χ1) is 9.99. The maximum Gasteiger partial charge on any atom is 0.328 e. The Hall–Kier alpha value is -2.28. The second-order valence-electron chi connectivity index (χ2n) is 4.54. The van der Waals surface area contributed by atoms with E-state index in [0.29, 0.717) is 19.4 Å². The molecule has 1 aromatic rings. The number of methoxy groups -OCH3 is 1. The van der Waals surface area contributed by atoms with Gasteiger partial charge in [0, 0.05) is 5.56 Å². The van der Waals surface area contributed by atoms with Gasteiger partial charge in [0.25, 0.3) is 5.91 Å². The third-order valence-corrected chi connectivity index (χ3v) is 2.98. The highest BCUT2D eigenvalue weighted by molar-refractivity contribution is 5.97. The monoisotopic (exact) mass is 296 g/mol. The summed E-state index contributed by atoms with van der Waals surface area (Å²) >= 11 is 0. The van der Waals surface area contributed by atoms with Gasteiger partial charge < -0.3 is 26.0 Å². The molecule has 7 nitrogen and oxygen atoms in total. The largest absolute Gasteiger partial charge is 0.504 e. The van der Waals surface area contributed by atoms with Crippen LogP contribution < -0.4 is 11.1 Å². The fourth-order valence-corrected chi connectivity index (χ4v) is 1.79. The molecule has 5 N–H and O–H groups in total. The topological polar surface area (TPSA) is 122 Å². The highest BCUT2D eigenvalue weighted by atomic mass is 16.5. The van der Waals surface area contributed by atoms with Crippen LogP contribution in [0.15, 0.2) is 18.2 Å². The highest BCUT2D eigenvalue weighted by Gasteiger charge is 2.22. The lowest BCUT2D eigenvalue weighted by Crippen LogP contribution is -2.41. The van der Waals surface area contributed by atoms with Crippen molar-refractivity contribution in [2.24, 2.45) is 5.73 Å². The van der Waals surface area contributed by atoms with Crippen molar-refractivity contribution in [3.8, 4) is 11.5 Å². The first-order valence-electron chi connectivity index (χ1n) is 6.60. The van der Waals surface area contributed by atoms with E-state index in [1.165, 1.54) is 19.2 Å². The van der Waals surface area contributed by atoms with Gasteiger partial charge in [0.2, 0.25) is 0 Å². The van der Waals surface area contributed by atoms with Gasteiger partial charge in [0.1, 0.15) is 6.04 Å². The molecular weight excluding hydrogens is 276 g/mol. The molecule has 7 heteroatoms. The third-order valence-electron chi connectivity index (χ3n) is 2.98. The summed E-state index contributed by atoms with van der Waals surface area (Å²) in [6.07, 6.45) is 1.83. The van der Waals surface area contributed by atoms with Gasteiger partial charge in [-0.2, -0.15) is 0 Å². The number of phenolic OH excluding ortho intramolecular Hbond substituents is 2. The van der Waals surface area contributed by atoms with Crippen LogP contribution in [0.3, 0.4) is 0 Å². The number of nitrogens with two attached hydrogens (primary N) is 1. The second-order valence-corrected chi connectivity index (χ2v) is 4.54. The number of carbonyl (C=O) groups is 2. The molecule has 1 aromatic carbocycles. The van der Waals surface area contributed by atoms with Gasteiger partial charge >= 0.3 is 5.97 Å². The molecular formula is C14H20N2O5. The van der Waals surface area contributed by atoms with Gasteiger partial charge in [-0.25, -0.2) is 4.79 Å². The van der Waals surface area contributed by atoms with Crippen LogP contribution in [0.4, 0.5) is 0 Å². The number of ether oxygens (including phenoxy) is 1. The first kappa shape index (κ1) is 16.8. The van der Waals surface area contributed by atoms with E-state index in [9.17, 15) is 19.8 Å². The summed E-state index contributed by atoms with van der Waals surface area (Å²) in [4.78, 5) is 23.7. The van der Waals surface area contributed by atoms with Gasteiger partial charge in [-0.1, -0.05) is 0 Å². The van der Waals surface area contributed by atoms with Gasteiger partial charge in [0.15, 0.2) is 11.5 Å². The van der Waals surface area contributed by atoms with Crippen LogP contribution in [0.2, 0.25) is 0 Å². The molecule has 1 atom stereocenters. The van der Waals surface area contributed by atoms with Crippen molar-refractivity contribution in [3.63, 3.8) is 0 Å². The molecule has 21 heavy (non-hydrogen) atoms. The molecule has 0 aliphatic carbocycles. The third kappa shape index (κ3) is 4.96. The zero-order chi connectivity index (χ0) is 15.8. The molecule has 1 rings (SSSR count). The van der Waals surface area contributed by atoms with Crippen molar-refractivity contribution in [2.45, 2.75) is 25.3 Å². The van der Waals surface area contributed by atoms with Crippen LogP contribution in [0, 0.1) is 0 Å². The summed E-state index contributed by atoms with van der Waals surface area (Å²) in [7, 11) is 1.25. The summed E-state index contributed by atoms with van der Waals surface area (Å²) in [5.41, 5.74) is 5.53. The fourth-order valence-electron chi connectivity index (χ4n) is 1.79. The van der Waals surface area contributed by atoms with Crippen molar-refractivity contribution < 1.29 is 24.5 Å². The summed E-state index contributed by atoms with van der Waals surface area (Å²) in [5, 5.41) is 21.1. The minimum atomic E-state index is -0.773. The van der Waals surface area contributed by atoms with Crippen LogP contribution in [0.5, 0.6) is 11.5 Å². The summed E-state index contributed by atoms with van der Waals surface area (Å²) < 4.78 is 4.65. The van der Waals surface area contributed by atoms with E-state index < -0.39 is 23.7 Å². The van der Waals surface area contributed by atoms with Crippen molar-refractivity contribution in [1.29, 1.82) is 0 Å². The lowest BCUT2D eigenvalue weighted by molar-refractivity contribution is -0.143. The maximum absolute atomic E-state index is 12.0. The molecule has 0 bridgehead atoms. The number of aromatic hydroxyl groups is 2. The normalized spacial score (nSPS) is 11.7. The van der Waals surface area contributed by atoms with E-state index in [1.807, 2.05) is 0 Å². The molecule has 0 aliphatic rings. The number of rotatable bonds is 7. The van der Waals surface area contributed by atoms with E-state index in [-0.39, 0.29) is 11.3 Å². The number of esters is 1. The smallest absolute Gasteiger partial charge is 0.328 e. The Morgan fingerprint density at radius 1 is 1.29 bits per heavy atom. The van der Waals surface area contributed by atoms with Crippen molar-refractivity contribution in [3.05, 3.63) is 23.8 Å². The molecule has 0 aliphatic heterocycles. The zero-order valence-electron chi connectivity index (χ0n) is 11.8. The number of unbranched alkanes of at least 4 members (excludes halogenated alkanes) is 1. The molecule has 0 aromatic heterocycles. The Kier molecular flexibility index (Phi) is 6.48. The first-order valence-corrected chi connectivity index (χ1v) is 6.60. The van der Waals surface area contributed by atoms with E-state index in [2.05, 4.69) is 10.1 Å². The Balaban J connectivity index is 2.74. The van der Waals surface area contributed by atoms with Crippen LogP contribution in [0.1, 0.15) is 29.6 Å². The molecule has 116 valence electrons. The quantitative estimate of drug-likeness (QED) is 0.330. The standard InChI is InChI=1S/C14H20N2O5/c1-21-14(20)10(4-2-3-7-15)16-13(19)9-5-6-11(17)12(18)8-9/h5-6,8,10,17-18H,2-4,7,15H2,1H3,(H,16,19)/t10-/m0/s1. The van der Waals surface area contributed by atoms with Crippen LogP contribution in [-0.2, 0) is 9.53 Å². The predicted octanol–water partition coefficient (Wildman–Crippen LogP) is 0.498. The molecule has 0 saturated carbocycles. The zero-order valence-corrected chi connectivity index (χ0v) is 11.8. The number of carbonyl (C=O) groups excluding carboxylic acids is 2. The number of hydrogen-bond donors (Lipinski definition) is 4. The average Bonchev–Trinajstić information content (AvgIpc) is 2.48. The minimum absolute atomic E-state index is 0.137. The molecule has 0 heterocycles. The molecule has 0 unspecified atom stereocenters. The van der Waals surface area contributed by atoms with Crippen molar-refractivity contribution >= 4 is 11.9 Å². The molecule has 1 amide bonds. The van der Waals surface area contributed by atoms with Gasteiger partial charge in [-0.3, -0.25) is 4.79 Å². The summed E-state index contributed by atoms with van der Waals surface area (Å²) in [5.74, 6) is -1.80. The number of benzene rings is 1. The SMILES string of the molecule is COC(=O)[C@H](CCCCN)NC(=O)c1ccc(O)c(O)c1. The molecule has 0 spiro atoms. The van der Waals surface area contributed by atoms with E-state index in [1.54, 1.807) is 0 Å².